The number of ether oxygens (including phenoxy) is 1. The van der Waals surface area contributed by atoms with Crippen LogP contribution in [0.4, 0.5) is 39.5 Å². The third-order valence-corrected chi connectivity index (χ3v) is 5.49. The summed E-state index contributed by atoms with van der Waals surface area (Å²) in [6.07, 6.45) is -16.6. The molecule has 1 aliphatic heterocycles. The first-order chi connectivity index (χ1) is 16.0. The van der Waals surface area contributed by atoms with Gasteiger partial charge in [-0.25, -0.2) is 4.98 Å². The quantitative estimate of drug-likeness (QED) is 0.369. The molecule has 3 rings (SSSR count). The van der Waals surface area contributed by atoms with Gasteiger partial charge >= 0.3 is 24.5 Å². The van der Waals surface area contributed by atoms with Gasteiger partial charge in [-0.05, 0) is 28.8 Å². The lowest BCUT2D eigenvalue weighted by Gasteiger charge is -2.32. The van der Waals surface area contributed by atoms with Gasteiger partial charge in [0, 0.05) is 25.5 Å². The maximum Gasteiger partial charge on any atom is 0.433 e. The van der Waals surface area contributed by atoms with Crippen LogP contribution in [0.5, 0.6) is 0 Å². The number of benzene rings is 1. The van der Waals surface area contributed by atoms with E-state index in [1.165, 1.54) is 19.1 Å². The van der Waals surface area contributed by atoms with E-state index in [9.17, 15) is 44.3 Å². The zero-order valence-electron chi connectivity index (χ0n) is 17.9. The topological polar surface area (TPSA) is 51.5 Å². The minimum absolute atomic E-state index is 0.000684. The van der Waals surface area contributed by atoms with E-state index in [0.29, 0.717) is 12.0 Å². The van der Waals surface area contributed by atoms with Crippen LogP contribution in [0.1, 0.15) is 41.4 Å². The molecule has 4 nitrogen and oxygen atoms in total. The van der Waals surface area contributed by atoms with Crippen molar-refractivity contribution < 1.29 is 49.0 Å². The second-order valence-electron chi connectivity index (χ2n) is 7.93. The van der Waals surface area contributed by atoms with Crippen molar-refractivity contribution in [2.75, 3.05) is 13.2 Å². The molecule has 1 unspecified atom stereocenters. The number of halogens is 9. The first-order valence-corrected chi connectivity index (χ1v) is 10.0. The minimum Gasteiger partial charge on any atom is -0.466 e. The van der Waals surface area contributed by atoms with Gasteiger partial charge in [-0.2, -0.15) is 39.5 Å². The predicted molar refractivity (Wildman–Crippen MR) is 105 cm³/mol. The molecule has 0 aliphatic carbocycles. The molecule has 2 aromatic rings. The molecule has 1 aromatic carbocycles. The van der Waals surface area contributed by atoms with Crippen molar-refractivity contribution in [3.63, 3.8) is 0 Å². The van der Waals surface area contributed by atoms with Crippen LogP contribution < -0.4 is 0 Å². The zero-order valence-corrected chi connectivity index (χ0v) is 17.9. The van der Waals surface area contributed by atoms with Crippen molar-refractivity contribution in [3.05, 3.63) is 64.5 Å². The summed E-state index contributed by atoms with van der Waals surface area (Å²) in [5.74, 6) is -0.483. The van der Waals surface area contributed by atoms with E-state index in [2.05, 4.69) is 9.98 Å². The molecule has 1 aliphatic rings. The van der Waals surface area contributed by atoms with E-state index in [-0.39, 0.29) is 30.0 Å². The number of hydrogen-bond acceptors (Lipinski definition) is 4. The number of hydrogen-bond donors (Lipinski definition) is 0. The average Bonchev–Trinajstić information content (AvgIpc) is 3.19. The predicted octanol–water partition coefficient (Wildman–Crippen LogP) is 5.92. The van der Waals surface area contributed by atoms with Gasteiger partial charge in [-0.15, -0.1) is 0 Å². The lowest BCUT2D eigenvalue weighted by Crippen LogP contribution is -2.44. The van der Waals surface area contributed by atoms with Gasteiger partial charge in [0.05, 0.1) is 13.2 Å². The van der Waals surface area contributed by atoms with Gasteiger partial charge in [0.25, 0.3) is 0 Å². The number of alkyl halides is 9. The second-order valence-corrected chi connectivity index (χ2v) is 7.93. The summed E-state index contributed by atoms with van der Waals surface area (Å²) in [7, 11) is 0. The summed E-state index contributed by atoms with van der Waals surface area (Å²) in [6, 6.07) is 5.96. The van der Waals surface area contributed by atoms with E-state index in [4.69, 9.17) is 4.74 Å². The Bertz CT molecular complexity index is 1090. The maximum absolute atomic E-state index is 14.2. The molecule has 0 saturated heterocycles. The number of aliphatic imine (C=N–C) groups is 1. The summed E-state index contributed by atoms with van der Waals surface area (Å²) in [6.45, 7) is 0.225. The molecule has 0 radical (unpaired) electrons. The number of pyridine rings is 1. The molecule has 2 heterocycles. The third kappa shape index (κ3) is 5.76. The summed E-state index contributed by atoms with van der Waals surface area (Å²) < 4.78 is 127. The Morgan fingerprint density at radius 1 is 0.943 bits per heavy atom. The average molecular weight is 512 g/mol. The normalized spacial score (nSPS) is 19.0. The molecule has 0 N–H and O–H groups in total. The third-order valence-electron chi connectivity index (χ3n) is 5.49. The molecule has 0 fully saturated rings. The van der Waals surface area contributed by atoms with Crippen molar-refractivity contribution in [1.82, 2.24) is 4.98 Å². The Morgan fingerprint density at radius 3 is 1.94 bits per heavy atom. The molecule has 1 atom stereocenters. The second kappa shape index (κ2) is 9.15. The van der Waals surface area contributed by atoms with E-state index >= 15 is 0 Å². The fourth-order valence-corrected chi connectivity index (χ4v) is 3.64. The summed E-state index contributed by atoms with van der Waals surface area (Å²) in [5, 5.41) is 0. The fraction of sp³-hybridized carbons (Fsp3) is 0.409. The van der Waals surface area contributed by atoms with Crippen LogP contribution in [-0.2, 0) is 33.7 Å². The first kappa shape index (κ1) is 26.5. The highest BCUT2D eigenvalue weighted by atomic mass is 19.4. The van der Waals surface area contributed by atoms with Gasteiger partial charge < -0.3 is 4.74 Å². The van der Waals surface area contributed by atoms with Crippen molar-refractivity contribution in [3.8, 4) is 0 Å². The maximum atomic E-state index is 14.2. The molecular formula is C22H17F9N2O2. The van der Waals surface area contributed by atoms with E-state index in [0.717, 1.165) is 0 Å². The van der Waals surface area contributed by atoms with Crippen molar-refractivity contribution in [1.29, 1.82) is 0 Å². The number of carbonyl (C=O) groups is 1. The molecule has 0 spiro atoms. The standard InChI is InChI=1S/C22H17F9N2O2/c1-12(34)35-7-6-13-2-4-14(5-3-13)16-10-19(11-32-16,22(29,30)31)15-8-17(20(23,24)25)33-18(9-15)21(26,27)28/h2-5,8-9H,6-7,10-11H2,1H3. The fourth-order valence-electron chi connectivity index (χ4n) is 3.64. The van der Waals surface area contributed by atoms with Crippen LogP contribution in [0.3, 0.4) is 0 Å². The van der Waals surface area contributed by atoms with Crippen molar-refractivity contribution in [2.45, 2.75) is 43.7 Å². The van der Waals surface area contributed by atoms with Crippen molar-refractivity contribution in [2.24, 2.45) is 4.99 Å². The lowest BCUT2D eigenvalue weighted by atomic mass is 9.76. The Hall–Kier alpha value is -3.12. The van der Waals surface area contributed by atoms with Crippen molar-refractivity contribution >= 4 is 11.7 Å². The zero-order chi connectivity index (χ0) is 26.2. The van der Waals surface area contributed by atoms with Crippen LogP contribution in [0.2, 0.25) is 0 Å². The highest BCUT2D eigenvalue weighted by molar-refractivity contribution is 6.03. The Kier molecular flexibility index (Phi) is 6.93. The molecule has 0 bridgehead atoms. The Balaban J connectivity index is 1.97. The van der Waals surface area contributed by atoms with Gasteiger partial charge in [0.15, 0.2) is 0 Å². The Labute approximate surface area is 192 Å². The molecule has 0 amide bonds. The van der Waals surface area contributed by atoms with Gasteiger partial charge in [-0.1, -0.05) is 24.3 Å². The highest BCUT2D eigenvalue weighted by Gasteiger charge is 2.59. The smallest absolute Gasteiger partial charge is 0.433 e. The van der Waals surface area contributed by atoms with E-state index in [1.807, 2.05) is 0 Å². The van der Waals surface area contributed by atoms with E-state index in [1.54, 1.807) is 12.1 Å². The van der Waals surface area contributed by atoms with E-state index < -0.39 is 59.8 Å². The molecule has 35 heavy (non-hydrogen) atoms. The molecule has 1 aromatic heterocycles. The van der Waals surface area contributed by atoms with Gasteiger partial charge in [0.2, 0.25) is 0 Å². The number of esters is 1. The molecular weight excluding hydrogens is 495 g/mol. The first-order valence-electron chi connectivity index (χ1n) is 10.0. The number of aromatic nitrogens is 1. The molecule has 190 valence electrons. The van der Waals surface area contributed by atoms with Crippen LogP contribution in [0.25, 0.3) is 0 Å². The van der Waals surface area contributed by atoms with Crippen LogP contribution in [-0.4, -0.2) is 36.0 Å². The summed E-state index contributed by atoms with van der Waals surface area (Å²) in [5.41, 5.74) is -7.65. The SMILES string of the molecule is CC(=O)OCCc1ccc(C2=NCC(c3cc(C(F)(F)F)nc(C(F)(F)F)c3)(C(F)(F)F)C2)cc1. The summed E-state index contributed by atoms with van der Waals surface area (Å²) in [4.78, 5) is 17.2. The minimum atomic E-state index is -5.40. The summed E-state index contributed by atoms with van der Waals surface area (Å²) >= 11 is 0. The highest BCUT2D eigenvalue weighted by Crippen LogP contribution is 2.49. The van der Waals surface area contributed by atoms with Crippen LogP contribution in [0, 0.1) is 0 Å². The number of rotatable bonds is 5. The monoisotopic (exact) mass is 512 g/mol. The molecule has 0 saturated carbocycles. The lowest BCUT2D eigenvalue weighted by molar-refractivity contribution is -0.185. The van der Waals surface area contributed by atoms with Gasteiger partial charge in [0.1, 0.15) is 16.8 Å². The van der Waals surface area contributed by atoms with Crippen LogP contribution in [0.15, 0.2) is 41.4 Å². The molecule has 13 heteroatoms. The van der Waals surface area contributed by atoms with Crippen LogP contribution >= 0.6 is 0 Å². The Morgan fingerprint density at radius 2 is 1.49 bits per heavy atom. The number of nitrogens with zero attached hydrogens (tertiary/aromatic N) is 2. The number of carbonyl (C=O) groups excluding carboxylic acids is 1. The largest absolute Gasteiger partial charge is 0.466 e. The van der Waals surface area contributed by atoms with Gasteiger partial charge in [-0.3, -0.25) is 9.79 Å².